The third-order valence-electron chi connectivity index (χ3n) is 17.2. The summed E-state index contributed by atoms with van der Waals surface area (Å²) < 4.78 is 26.0. The van der Waals surface area contributed by atoms with E-state index in [-0.39, 0.29) is 138 Å². The average Bonchev–Trinajstić information content (AvgIpc) is 1.47. The number of phenols is 2. The van der Waals surface area contributed by atoms with Crippen molar-refractivity contribution in [2.45, 2.75) is 65.2 Å². The number of aromatic hydroxyl groups is 2. The van der Waals surface area contributed by atoms with Crippen LogP contribution in [-0.2, 0) is 99.3 Å². The standard InChI is InChI=1S/C11H11NO2.C10H8N2O3.3C10H10N2O2.C9H8N2O3S.2C9H8N2O2/c1-2-14-11-9-6-4-3-5-8(9)7-10(13)12-11;11-10-6-3-8-7(14-4-15-8)1-5(6)2-9(13)12-10;1-14-8-4-2-3-6-7(8)5-9(13)12-10(6)11;1-14-7-4-2-3-6-5-8(13)12-10(11)9(6)7;1-14-12-10-8-5-3-2-4-7(8)6-9(13)11-10;1-3-6-4(15-7(3)9(13)14)2-5(12)11-8(6)10;10-9-7-2-1-6(12)3-5(7)4-8(13)11-9;10-9-8-5(4-7(13)11-9)2-1-3-6(8)12/h3-6H,2,7H2,1H3;1,3H,2,4H2,(H2,11,12,13);2*2-4H,5H2,1H3,(H2,11,12,13);2-5H,6H2,1H3,(H,11,12,13);2H2,1H3,(H,13,14)(H2,10,11,12);2*1-3,12H,4H2,(H2,10,11,13). The van der Waals surface area contributed by atoms with E-state index < -0.39 is 5.97 Å². The van der Waals surface area contributed by atoms with Crippen molar-refractivity contribution in [3.8, 4) is 34.5 Å². The third kappa shape index (κ3) is 19.2. The average molecular weight is 1540 g/mol. The second-order valence-electron chi connectivity index (χ2n) is 24.7. The maximum absolute atomic E-state index is 11.3. The number of nitrogens with one attached hydrogen (secondary N) is 7. The first kappa shape index (κ1) is 80.0. The number of carboxylic acid groups (broad SMARTS) is 1. The minimum absolute atomic E-state index is 0.00231. The van der Waals surface area contributed by atoms with Gasteiger partial charge in [-0.25, -0.2) is 4.79 Å². The molecule has 0 atom stereocenters. The summed E-state index contributed by atoms with van der Waals surface area (Å²) in [5.74, 6) is 2.11. The van der Waals surface area contributed by atoms with Crippen LogP contribution in [0.1, 0.15) is 110 Å². The minimum Gasteiger partial charge on any atom is -0.508 e. The molecule has 0 saturated heterocycles. The molecule has 0 bridgehead atoms. The third-order valence-corrected chi connectivity index (χ3v) is 18.5. The quantitative estimate of drug-likeness (QED) is 0.102. The van der Waals surface area contributed by atoms with Gasteiger partial charge in [0.2, 0.25) is 36.3 Å². The Labute approximate surface area is 641 Å². The summed E-state index contributed by atoms with van der Waals surface area (Å²) in [5.41, 5.74) is 29.0. The number of hydrogen-bond donors (Lipinski definition) is 13. The summed E-state index contributed by atoms with van der Waals surface area (Å²) in [7, 11) is 4.57. The van der Waals surface area contributed by atoms with Crippen molar-refractivity contribution in [2.75, 3.05) is 34.7 Å². The maximum Gasteiger partial charge on any atom is 0.346 e. The summed E-state index contributed by atoms with van der Waals surface area (Å²) in [6.45, 7) is 4.28. The second kappa shape index (κ2) is 35.9. The Morgan fingerprint density at radius 3 is 1.67 bits per heavy atom. The fourth-order valence-electron chi connectivity index (χ4n) is 12.4. The van der Waals surface area contributed by atoms with Gasteiger partial charge in [-0.2, -0.15) is 20.0 Å². The van der Waals surface area contributed by atoms with Crippen LogP contribution in [0.15, 0.2) is 159 Å². The Morgan fingerprint density at radius 1 is 0.509 bits per heavy atom. The molecule has 7 aromatic carbocycles. The van der Waals surface area contributed by atoms with E-state index in [0.717, 1.165) is 78.1 Å². The predicted molar refractivity (Wildman–Crippen MR) is 410 cm³/mol. The number of nitrogens with two attached hydrogens (primary N) is 3. The molecule has 1 aromatic heterocycles. The number of hydrogen-bond acceptors (Lipinski definition) is 25. The molecule has 0 aliphatic carbocycles. The van der Waals surface area contributed by atoms with Gasteiger partial charge in [0.05, 0.1) is 83.3 Å². The molecule has 0 radical (unpaired) electrons. The van der Waals surface area contributed by atoms with Crippen LogP contribution in [0.4, 0.5) is 0 Å². The molecule has 112 heavy (non-hydrogen) atoms. The smallest absolute Gasteiger partial charge is 0.346 e. The topological polar surface area (TPSA) is 529 Å². The number of carboxylic acids is 1. The highest BCUT2D eigenvalue weighted by molar-refractivity contribution is 7.14. The molecule has 0 saturated carbocycles. The summed E-state index contributed by atoms with van der Waals surface area (Å²) in [4.78, 5) is 120. The molecule has 574 valence electrons. The summed E-state index contributed by atoms with van der Waals surface area (Å²) in [6.07, 6.45) is 2.24. The predicted octanol–water partition coefficient (Wildman–Crippen LogP) is 4.92. The van der Waals surface area contributed by atoms with Crippen LogP contribution >= 0.6 is 11.3 Å². The molecule has 10 heterocycles. The number of amides is 8. The van der Waals surface area contributed by atoms with Crippen molar-refractivity contribution in [1.82, 2.24) is 21.3 Å². The second-order valence-corrected chi connectivity index (χ2v) is 25.8. The monoisotopic (exact) mass is 1540 g/mol. The fourth-order valence-corrected chi connectivity index (χ4v) is 13.5. The number of amidine groups is 7. The Morgan fingerprint density at radius 2 is 1.01 bits per heavy atom. The molecule has 33 nitrogen and oxygen atoms in total. The number of methoxy groups -OCH3 is 2. The Bertz CT molecular complexity index is 5390. The Kier molecular flexibility index (Phi) is 25.6. The number of aromatic carboxylic acids is 1. The SMILES string of the molecule is CCOC1=NC(=O)Cc2ccccc21.CON=C1NC(=O)Cc2ccccc21.COc1cccc2c1C(=N)NC(=O)C2.COc1cccc2c1CC(=O)NC2=N.Cc1c(C(=O)O)sc2c1C(=N)NC(=O)C2.NC1=NC(=O)Cc2cc(O)ccc21.NC1=NC(=O)Cc2cc3c(cc21)OCO3.NC1=NC(=O)Cc2cccc(O)c21. The van der Waals surface area contributed by atoms with Crippen LogP contribution in [0.2, 0.25) is 0 Å². The highest BCUT2D eigenvalue weighted by atomic mass is 32.1. The van der Waals surface area contributed by atoms with Crippen molar-refractivity contribution in [3.63, 3.8) is 0 Å². The molecule has 34 heteroatoms. The molecule has 0 unspecified atom stereocenters. The van der Waals surface area contributed by atoms with Gasteiger partial charge >= 0.3 is 5.97 Å². The van der Waals surface area contributed by atoms with Crippen molar-refractivity contribution in [3.05, 3.63) is 232 Å². The summed E-state index contributed by atoms with van der Waals surface area (Å²) in [6, 6.07) is 39.4. The van der Waals surface area contributed by atoms with Gasteiger partial charge in [0, 0.05) is 43.8 Å². The van der Waals surface area contributed by atoms with Crippen LogP contribution in [0.3, 0.4) is 0 Å². The van der Waals surface area contributed by atoms with E-state index in [1.165, 1.54) is 25.3 Å². The number of aliphatic imine (C=N–C) groups is 4. The van der Waals surface area contributed by atoms with Crippen molar-refractivity contribution >= 4 is 111 Å². The Hall–Kier alpha value is -14.6. The molecule has 9 aliphatic heterocycles. The van der Waals surface area contributed by atoms with Crippen molar-refractivity contribution < 1.29 is 87.0 Å². The van der Waals surface area contributed by atoms with Gasteiger partial charge in [-0.3, -0.25) is 54.6 Å². The first-order valence-electron chi connectivity index (χ1n) is 34.0. The van der Waals surface area contributed by atoms with E-state index in [0.29, 0.717) is 87.7 Å². The number of carbonyl (C=O) groups is 9. The summed E-state index contributed by atoms with van der Waals surface area (Å²) >= 11 is 1.08. The lowest BCUT2D eigenvalue weighted by molar-refractivity contribution is -0.120. The molecule has 17 rings (SSSR count). The van der Waals surface area contributed by atoms with Gasteiger partial charge in [0.1, 0.15) is 70.0 Å². The van der Waals surface area contributed by atoms with Gasteiger partial charge in [-0.05, 0) is 107 Å². The summed E-state index contributed by atoms with van der Waals surface area (Å²) in [5, 5.41) is 64.1. The van der Waals surface area contributed by atoms with Gasteiger partial charge < -0.3 is 82.3 Å². The lowest BCUT2D eigenvalue weighted by Crippen LogP contribution is -2.37. The number of phenolic OH excluding ortho intramolecular Hbond substituents is 2. The first-order chi connectivity index (χ1) is 53.6. The van der Waals surface area contributed by atoms with Gasteiger partial charge in [-0.15, -0.1) is 11.3 Å². The normalized spacial score (nSPS) is 15.5. The van der Waals surface area contributed by atoms with E-state index in [4.69, 9.17) is 67.3 Å². The molecule has 9 aliphatic rings. The molecule has 0 fully saturated rings. The van der Waals surface area contributed by atoms with E-state index in [1.807, 2.05) is 73.7 Å². The number of benzene rings is 7. The van der Waals surface area contributed by atoms with Crippen molar-refractivity contribution in [2.24, 2.45) is 42.3 Å². The largest absolute Gasteiger partial charge is 0.508 e. The lowest BCUT2D eigenvalue weighted by Gasteiger charge is -2.19. The number of thiophene rings is 1. The number of nitrogens with zero attached hydrogens (tertiary/aromatic N) is 5. The number of oxime groups is 1. The van der Waals surface area contributed by atoms with Crippen LogP contribution in [0.5, 0.6) is 34.5 Å². The van der Waals surface area contributed by atoms with E-state index in [1.54, 1.807) is 69.7 Å². The van der Waals surface area contributed by atoms with Gasteiger partial charge in [0.15, 0.2) is 17.3 Å². The van der Waals surface area contributed by atoms with Crippen LogP contribution < -0.4 is 57.4 Å². The number of rotatable bonds is 5. The first-order valence-corrected chi connectivity index (χ1v) is 34.8. The molecule has 16 N–H and O–H groups in total. The highest BCUT2D eigenvalue weighted by Crippen LogP contribution is 2.37. The van der Waals surface area contributed by atoms with Crippen LogP contribution in [-0.4, -0.2) is 150 Å². The zero-order valence-corrected chi connectivity index (χ0v) is 61.4. The fraction of sp³-hybridized carbons (Fsp3) is 0.192. The number of carbonyl (C=O) groups excluding carboxylic acids is 8. The molecular weight excluding hydrogens is 1470 g/mol. The number of ether oxygens (including phenoxy) is 5. The van der Waals surface area contributed by atoms with E-state index >= 15 is 0 Å². The van der Waals surface area contributed by atoms with Crippen LogP contribution in [0, 0.1) is 23.2 Å². The molecule has 8 aromatic rings. The maximum atomic E-state index is 11.3. The lowest BCUT2D eigenvalue weighted by atomic mass is 9.98. The van der Waals surface area contributed by atoms with E-state index in [9.17, 15) is 48.3 Å². The highest BCUT2D eigenvalue weighted by Gasteiger charge is 2.30. The van der Waals surface area contributed by atoms with Crippen molar-refractivity contribution in [1.29, 1.82) is 16.2 Å². The Balaban J connectivity index is 0.000000136. The van der Waals surface area contributed by atoms with Crippen LogP contribution in [0.25, 0.3) is 0 Å². The number of fused-ring (bicyclic) bond motifs is 9. The zero-order valence-electron chi connectivity index (χ0n) is 60.6. The zero-order chi connectivity index (χ0) is 80.6. The van der Waals surface area contributed by atoms with Gasteiger partial charge in [-0.1, -0.05) is 84.0 Å². The minimum atomic E-state index is -1.01. The molecule has 8 amide bonds. The van der Waals surface area contributed by atoms with E-state index in [2.05, 4.69) is 51.2 Å². The molecular formula is C78H73N15O18S. The van der Waals surface area contributed by atoms with Gasteiger partial charge in [0.25, 0.3) is 23.6 Å². The molecule has 0 spiro atoms.